The Bertz CT molecular complexity index is 586. The van der Waals surface area contributed by atoms with Crippen LogP contribution in [0.25, 0.3) is 4.96 Å². The minimum Gasteiger partial charge on any atom is -0.350 e. The number of allylic oxidation sites excluding steroid dienone is 1. The molecule has 0 unspecified atom stereocenters. The second kappa shape index (κ2) is 5.48. The Morgan fingerprint density at radius 2 is 2.42 bits per heavy atom. The molecular weight excluding hydrogens is 262 g/mol. The van der Waals surface area contributed by atoms with Gasteiger partial charge in [0, 0.05) is 6.54 Å². The van der Waals surface area contributed by atoms with Crippen molar-refractivity contribution >= 4 is 22.2 Å². The van der Waals surface area contributed by atoms with Crippen molar-refractivity contribution in [1.82, 2.24) is 25.1 Å². The van der Waals surface area contributed by atoms with Gasteiger partial charge in [0.1, 0.15) is 6.33 Å². The largest absolute Gasteiger partial charge is 0.350 e. The van der Waals surface area contributed by atoms with Gasteiger partial charge in [-0.25, -0.2) is 0 Å². The highest BCUT2D eigenvalue weighted by Crippen LogP contribution is 2.19. The van der Waals surface area contributed by atoms with E-state index in [0.29, 0.717) is 16.5 Å². The van der Waals surface area contributed by atoms with E-state index in [0.717, 1.165) is 6.42 Å². The summed E-state index contributed by atoms with van der Waals surface area (Å²) in [6, 6.07) is 0. The van der Waals surface area contributed by atoms with Crippen molar-refractivity contribution < 1.29 is 4.79 Å². The Balaban J connectivity index is 1.53. The Labute approximate surface area is 114 Å². The zero-order valence-corrected chi connectivity index (χ0v) is 11.3. The van der Waals surface area contributed by atoms with E-state index < -0.39 is 0 Å². The lowest BCUT2D eigenvalue weighted by atomic mass is 9.97. The smallest absolute Gasteiger partial charge is 0.282 e. The molecule has 3 rings (SSSR count). The van der Waals surface area contributed by atoms with Crippen LogP contribution in [0.2, 0.25) is 0 Å². The van der Waals surface area contributed by atoms with Crippen LogP contribution in [0.3, 0.4) is 0 Å². The van der Waals surface area contributed by atoms with Gasteiger partial charge in [-0.15, -0.1) is 15.3 Å². The number of nitrogens with one attached hydrogen (secondary N) is 1. The molecule has 0 atom stereocenters. The molecule has 1 N–H and O–H groups in total. The molecule has 1 aliphatic carbocycles. The zero-order chi connectivity index (χ0) is 13.1. The van der Waals surface area contributed by atoms with Gasteiger partial charge in [-0.3, -0.25) is 4.79 Å². The number of carbonyl (C=O) groups is 1. The highest BCUT2D eigenvalue weighted by Gasteiger charge is 2.13. The van der Waals surface area contributed by atoms with E-state index in [2.05, 4.69) is 26.7 Å². The van der Waals surface area contributed by atoms with E-state index in [-0.39, 0.29) is 5.91 Å². The number of nitrogens with zero attached hydrogens (tertiary/aromatic N) is 4. The average Bonchev–Trinajstić information content (AvgIpc) is 3.00. The Hall–Kier alpha value is -1.76. The number of hydrogen-bond acceptors (Lipinski definition) is 5. The fourth-order valence-corrected chi connectivity index (χ4v) is 2.93. The molecule has 6 nitrogen and oxygen atoms in total. The van der Waals surface area contributed by atoms with Crippen LogP contribution in [-0.4, -0.2) is 32.3 Å². The van der Waals surface area contributed by atoms with Crippen LogP contribution in [0.1, 0.15) is 41.9 Å². The van der Waals surface area contributed by atoms with Gasteiger partial charge < -0.3 is 5.32 Å². The Morgan fingerprint density at radius 1 is 1.47 bits per heavy atom. The summed E-state index contributed by atoms with van der Waals surface area (Å²) in [5, 5.41) is 15.0. The molecule has 7 heteroatoms. The summed E-state index contributed by atoms with van der Waals surface area (Å²) >= 11 is 1.25. The SMILES string of the molecule is O=C(NCCC1=CCCCC1)c1nn2cnnc2s1. The van der Waals surface area contributed by atoms with Crippen LogP contribution in [-0.2, 0) is 0 Å². The molecule has 0 aliphatic heterocycles. The second-order valence-corrected chi connectivity index (χ2v) is 5.54. The van der Waals surface area contributed by atoms with Gasteiger partial charge in [-0.2, -0.15) is 4.52 Å². The average molecular weight is 277 g/mol. The lowest BCUT2D eigenvalue weighted by molar-refractivity contribution is 0.0952. The van der Waals surface area contributed by atoms with Crippen molar-refractivity contribution in [2.75, 3.05) is 6.54 Å². The fraction of sp³-hybridized carbons (Fsp3) is 0.500. The summed E-state index contributed by atoms with van der Waals surface area (Å²) in [5.74, 6) is -0.132. The third kappa shape index (κ3) is 2.81. The van der Waals surface area contributed by atoms with Gasteiger partial charge in [0.2, 0.25) is 9.97 Å². The number of fused-ring (bicyclic) bond motifs is 1. The third-order valence-corrected chi connectivity index (χ3v) is 4.11. The molecule has 0 aromatic carbocycles. The van der Waals surface area contributed by atoms with E-state index in [1.165, 1.54) is 53.4 Å². The van der Waals surface area contributed by atoms with E-state index >= 15 is 0 Å². The standard InChI is InChI=1S/C12H15N5OS/c18-10(11-16-17-8-14-15-12(17)19-11)13-7-6-9-4-2-1-3-5-9/h4,8H,1-3,5-7H2,(H,13,18). The lowest BCUT2D eigenvalue weighted by Gasteiger charge is -2.12. The highest BCUT2D eigenvalue weighted by molar-refractivity contribution is 7.18. The van der Waals surface area contributed by atoms with Gasteiger partial charge in [0.15, 0.2) is 0 Å². The monoisotopic (exact) mass is 277 g/mol. The molecular formula is C12H15N5OS. The maximum Gasteiger partial charge on any atom is 0.282 e. The molecule has 19 heavy (non-hydrogen) atoms. The van der Waals surface area contributed by atoms with E-state index in [1.54, 1.807) is 0 Å². The van der Waals surface area contributed by atoms with Crippen molar-refractivity contribution in [3.8, 4) is 0 Å². The minimum absolute atomic E-state index is 0.132. The van der Waals surface area contributed by atoms with Crippen molar-refractivity contribution in [3.63, 3.8) is 0 Å². The van der Waals surface area contributed by atoms with Crippen LogP contribution < -0.4 is 5.32 Å². The van der Waals surface area contributed by atoms with Crippen LogP contribution in [0.15, 0.2) is 18.0 Å². The fourth-order valence-electron chi connectivity index (χ4n) is 2.20. The summed E-state index contributed by atoms with van der Waals surface area (Å²) in [6.45, 7) is 0.671. The molecule has 0 fully saturated rings. The van der Waals surface area contributed by atoms with Crippen molar-refractivity contribution in [3.05, 3.63) is 23.0 Å². The molecule has 2 aromatic heterocycles. The van der Waals surface area contributed by atoms with Gasteiger partial charge in [-0.1, -0.05) is 23.0 Å². The molecule has 0 radical (unpaired) electrons. The first-order valence-corrected chi connectivity index (χ1v) is 7.27. The molecule has 100 valence electrons. The van der Waals surface area contributed by atoms with Crippen LogP contribution >= 0.6 is 11.3 Å². The number of rotatable bonds is 4. The molecule has 2 heterocycles. The molecule has 0 saturated carbocycles. The number of hydrogen-bond donors (Lipinski definition) is 1. The third-order valence-electron chi connectivity index (χ3n) is 3.20. The van der Waals surface area contributed by atoms with Crippen molar-refractivity contribution in [1.29, 1.82) is 0 Å². The minimum atomic E-state index is -0.132. The van der Waals surface area contributed by atoms with E-state index in [1.807, 2.05) is 0 Å². The number of carbonyl (C=O) groups excluding carboxylic acids is 1. The molecule has 0 spiro atoms. The molecule has 1 amide bonds. The van der Waals surface area contributed by atoms with Gasteiger partial charge in [0.25, 0.3) is 5.91 Å². The summed E-state index contributed by atoms with van der Waals surface area (Å²) < 4.78 is 1.52. The Kier molecular flexibility index (Phi) is 3.54. The topological polar surface area (TPSA) is 72.2 Å². The van der Waals surface area contributed by atoms with E-state index in [4.69, 9.17) is 0 Å². The summed E-state index contributed by atoms with van der Waals surface area (Å²) in [5.41, 5.74) is 1.46. The molecule has 0 saturated heterocycles. The van der Waals surface area contributed by atoms with Crippen LogP contribution in [0, 0.1) is 0 Å². The number of amides is 1. The van der Waals surface area contributed by atoms with Crippen molar-refractivity contribution in [2.24, 2.45) is 0 Å². The predicted octanol–water partition coefficient (Wildman–Crippen LogP) is 1.81. The van der Waals surface area contributed by atoms with E-state index in [9.17, 15) is 4.79 Å². The first-order valence-electron chi connectivity index (χ1n) is 6.46. The van der Waals surface area contributed by atoms with Crippen molar-refractivity contribution in [2.45, 2.75) is 32.1 Å². The first-order chi connectivity index (χ1) is 9.33. The molecule has 0 bridgehead atoms. The number of aromatic nitrogens is 4. The van der Waals surface area contributed by atoms with Crippen LogP contribution in [0.5, 0.6) is 0 Å². The normalized spacial score (nSPS) is 15.5. The Morgan fingerprint density at radius 3 is 3.21 bits per heavy atom. The quantitative estimate of drug-likeness (QED) is 0.865. The zero-order valence-electron chi connectivity index (χ0n) is 10.5. The molecule has 2 aromatic rings. The lowest BCUT2D eigenvalue weighted by Crippen LogP contribution is -2.24. The van der Waals surface area contributed by atoms with Gasteiger partial charge in [-0.05, 0) is 32.1 Å². The predicted molar refractivity (Wildman–Crippen MR) is 72.2 cm³/mol. The maximum absolute atomic E-state index is 11.9. The second-order valence-electron chi connectivity index (χ2n) is 4.58. The molecule has 1 aliphatic rings. The van der Waals surface area contributed by atoms with Gasteiger partial charge in [0.05, 0.1) is 0 Å². The summed E-state index contributed by atoms with van der Waals surface area (Å²) in [4.78, 5) is 12.5. The maximum atomic E-state index is 11.9. The first kappa shape index (κ1) is 12.3. The summed E-state index contributed by atoms with van der Waals surface area (Å²) in [7, 11) is 0. The van der Waals surface area contributed by atoms with Crippen LogP contribution in [0.4, 0.5) is 0 Å². The van der Waals surface area contributed by atoms with Gasteiger partial charge >= 0.3 is 0 Å². The summed E-state index contributed by atoms with van der Waals surface area (Å²) in [6.07, 6.45) is 9.66. The highest BCUT2D eigenvalue weighted by atomic mass is 32.1.